The lowest BCUT2D eigenvalue weighted by Crippen LogP contribution is -2.66. The predicted molar refractivity (Wildman–Crippen MR) is 305 cm³/mol. The Labute approximate surface area is 477 Å². The van der Waals surface area contributed by atoms with E-state index >= 15 is 0 Å². The van der Waals surface area contributed by atoms with Gasteiger partial charge in [0.15, 0.2) is 18.9 Å². The second-order valence-corrected chi connectivity index (χ2v) is 21.4. The highest BCUT2D eigenvalue weighted by Crippen LogP contribution is 2.33. The molecule has 0 aliphatic carbocycles. The molecule has 17 unspecified atom stereocenters. The molecule has 19 heteroatoms. The molecule has 12 N–H and O–H groups in total. The highest BCUT2D eigenvalue weighted by Gasteiger charge is 2.53. The molecule has 17 atom stereocenters. The first-order valence-electron chi connectivity index (χ1n) is 30.2. The Morgan fingerprint density at radius 3 is 1.35 bits per heavy atom. The van der Waals surface area contributed by atoms with Crippen LogP contribution in [0.3, 0.4) is 0 Å². The van der Waals surface area contributed by atoms with Gasteiger partial charge in [0.05, 0.1) is 38.6 Å². The van der Waals surface area contributed by atoms with Crippen LogP contribution in [0.5, 0.6) is 0 Å². The number of amides is 1. The molecular weight excluding hydrogens is 1030 g/mol. The summed E-state index contributed by atoms with van der Waals surface area (Å²) in [7, 11) is 0. The molecule has 0 spiro atoms. The van der Waals surface area contributed by atoms with Crippen molar-refractivity contribution in [2.75, 3.05) is 26.4 Å². The van der Waals surface area contributed by atoms with Gasteiger partial charge in [-0.25, -0.2) is 0 Å². The van der Waals surface area contributed by atoms with Gasteiger partial charge in [-0.05, 0) is 64.2 Å². The molecule has 3 saturated heterocycles. The molecule has 0 aromatic heterocycles. The van der Waals surface area contributed by atoms with E-state index in [1.54, 1.807) is 0 Å². The SMILES string of the molecule is CC/C=C\C/C=C\C/C=C\C/C=C\C/C=C\C/C=C\CCCCCCCCCCCCC(=O)NC(COC1OC(CO)C(OC2OC(CO)C(OC3OC(CO)C(O)C(O)C3O)C(O)C2O)C(O)C1O)C(O)CCCCCCCC. The highest BCUT2D eigenvalue weighted by atomic mass is 16.8. The van der Waals surface area contributed by atoms with Gasteiger partial charge in [0.25, 0.3) is 0 Å². The smallest absolute Gasteiger partial charge is 0.220 e. The van der Waals surface area contributed by atoms with Gasteiger partial charge < -0.3 is 89.9 Å². The van der Waals surface area contributed by atoms with E-state index in [-0.39, 0.29) is 18.9 Å². The van der Waals surface area contributed by atoms with E-state index in [4.69, 9.17) is 28.4 Å². The van der Waals surface area contributed by atoms with E-state index in [0.29, 0.717) is 12.8 Å². The molecule has 3 heterocycles. The summed E-state index contributed by atoms with van der Waals surface area (Å²) in [6.07, 6.45) is 24.8. The van der Waals surface area contributed by atoms with Crippen LogP contribution in [-0.2, 0) is 33.2 Å². The largest absolute Gasteiger partial charge is 0.394 e. The number of rotatable bonds is 43. The minimum Gasteiger partial charge on any atom is -0.394 e. The molecule has 1 amide bonds. The standard InChI is InChI=1S/C61H105NO18/c1-3-5-7-9-11-12-13-14-15-16-17-18-19-20-21-22-23-24-25-26-27-28-29-30-31-32-33-35-37-39-49(67)62-44(45(66)38-36-34-10-8-6-4-2)43-75-59-55(73)52(70)57(47(41-64)77-59)80-61-56(74)53(71)58(48(42-65)78-61)79-60-54(72)51(69)50(68)46(40-63)76-60/h5,7,11-12,14-15,17-18,20-21,23-24,44-48,50-61,63-66,68-74H,3-4,6,8-10,13,16,19,22,25-43H2,1-2H3,(H,62,67)/b7-5-,12-11-,15-14-,18-17-,21-20-,24-23-. The summed E-state index contributed by atoms with van der Waals surface area (Å²) in [5.41, 5.74) is 0. The van der Waals surface area contributed by atoms with Crippen molar-refractivity contribution in [1.29, 1.82) is 0 Å². The van der Waals surface area contributed by atoms with E-state index in [0.717, 1.165) is 109 Å². The lowest BCUT2D eigenvalue weighted by Gasteiger charge is -2.48. The van der Waals surface area contributed by atoms with Crippen molar-refractivity contribution in [3.8, 4) is 0 Å². The molecule has 0 saturated carbocycles. The fraction of sp³-hybridized carbons (Fsp3) is 0.787. The molecule has 80 heavy (non-hydrogen) atoms. The summed E-state index contributed by atoms with van der Waals surface area (Å²) >= 11 is 0. The van der Waals surface area contributed by atoms with Crippen LogP contribution in [0.2, 0.25) is 0 Å². The fourth-order valence-electron chi connectivity index (χ4n) is 9.84. The van der Waals surface area contributed by atoms with Gasteiger partial charge in [-0.3, -0.25) is 4.79 Å². The second kappa shape index (κ2) is 43.8. The number of carbonyl (C=O) groups excluding carboxylic acids is 1. The first-order valence-corrected chi connectivity index (χ1v) is 30.2. The number of hydrogen-bond acceptors (Lipinski definition) is 18. The third-order valence-corrected chi connectivity index (χ3v) is 14.8. The summed E-state index contributed by atoms with van der Waals surface area (Å²) in [5, 5.41) is 120. The summed E-state index contributed by atoms with van der Waals surface area (Å²) in [6, 6.07) is -0.890. The van der Waals surface area contributed by atoms with Gasteiger partial charge in [0.2, 0.25) is 5.91 Å². The number of unbranched alkanes of at least 4 members (excludes halogenated alkanes) is 15. The molecule has 3 rings (SSSR count). The Balaban J connectivity index is 1.36. The number of carbonyl (C=O) groups is 1. The van der Waals surface area contributed by atoms with Crippen molar-refractivity contribution in [1.82, 2.24) is 5.32 Å². The molecule has 3 fully saturated rings. The zero-order valence-electron chi connectivity index (χ0n) is 48.0. The molecular formula is C61H105NO18. The second-order valence-electron chi connectivity index (χ2n) is 21.4. The summed E-state index contributed by atoms with van der Waals surface area (Å²) in [5.74, 6) is -0.258. The number of allylic oxidation sites excluding steroid dienone is 12. The lowest BCUT2D eigenvalue weighted by atomic mass is 9.96. The van der Waals surface area contributed by atoms with Crippen molar-refractivity contribution in [3.05, 3.63) is 72.9 Å². The summed E-state index contributed by atoms with van der Waals surface area (Å²) in [4.78, 5) is 13.3. The quantitative estimate of drug-likeness (QED) is 0.0268. The molecule has 19 nitrogen and oxygen atoms in total. The van der Waals surface area contributed by atoms with Crippen LogP contribution < -0.4 is 5.32 Å². The van der Waals surface area contributed by atoms with E-state index in [9.17, 15) is 61.0 Å². The maximum Gasteiger partial charge on any atom is 0.220 e. The fourth-order valence-corrected chi connectivity index (χ4v) is 9.84. The average molecular weight is 1140 g/mol. The van der Waals surface area contributed by atoms with E-state index in [1.165, 1.54) is 32.1 Å². The van der Waals surface area contributed by atoms with Crippen LogP contribution in [0.1, 0.15) is 174 Å². The van der Waals surface area contributed by atoms with E-state index in [2.05, 4.69) is 92.1 Å². The first kappa shape index (κ1) is 71.5. The highest BCUT2D eigenvalue weighted by molar-refractivity contribution is 5.76. The van der Waals surface area contributed by atoms with Gasteiger partial charge in [0, 0.05) is 6.42 Å². The van der Waals surface area contributed by atoms with E-state index in [1.807, 2.05) is 0 Å². The predicted octanol–water partition coefficient (Wildman–Crippen LogP) is 5.43. The minimum absolute atomic E-state index is 0.255. The van der Waals surface area contributed by atoms with Gasteiger partial charge in [-0.15, -0.1) is 0 Å². The van der Waals surface area contributed by atoms with Crippen molar-refractivity contribution >= 4 is 5.91 Å². The normalized spacial score (nSPS) is 30.5. The van der Waals surface area contributed by atoms with Crippen molar-refractivity contribution in [2.45, 2.75) is 279 Å². The number of aliphatic hydroxyl groups excluding tert-OH is 11. The Morgan fingerprint density at radius 1 is 0.463 bits per heavy atom. The zero-order valence-corrected chi connectivity index (χ0v) is 48.0. The third-order valence-electron chi connectivity index (χ3n) is 14.8. The Bertz CT molecular complexity index is 1740. The van der Waals surface area contributed by atoms with Crippen LogP contribution >= 0.6 is 0 Å². The van der Waals surface area contributed by atoms with Crippen LogP contribution in [-0.4, -0.2) is 193 Å². The first-order chi connectivity index (χ1) is 38.8. The molecule has 0 radical (unpaired) electrons. The molecule has 0 bridgehead atoms. The average Bonchev–Trinajstić information content (AvgIpc) is 3.45. The monoisotopic (exact) mass is 1140 g/mol. The molecule has 0 aromatic carbocycles. The molecule has 0 aromatic rings. The van der Waals surface area contributed by atoms with Crippen LogP contribution in [0.4, 0.5) is 0 Å². The van der Waals surface area contributed by atoms with Crippen LogP contribution in [0.15, 0.2) is 72.9 Å². The Kier molecular flexibility index (Phi) is 39.2. The number of nitrogens with one attached hydrogen (secondary N) is 1. The zero-order chi connectivity index (χ0) is 58.3. The van der Waals surface area contributed by atoms with Gasteiger partial charge in [-0.2, -0.15) is 0 Å². The molecule has 462 valence electrons. The third kappa shape index (κ3) is 27.3. The number of ether oxygens (including phenoxy) is 6. The maximum absolute atomic E-state index is 13.3. The maximum atomic E-state index is 13.3. The molecule has 3 aliphatic rings. The Hall–Kier alpha value is -2.77. The number of hydrogen-bond donors (Lipinski definition) is 12. The summed E-state index contributed by atoms with van der Waals surface area (Å²) < 4.78 is 34.1. The summed E-state index contributed by atoms with van der Waals surface area (Å²) in [6.45, 7) is 1.56. The lowest BCUT2D eigenvalue weighted by molar-refractivity contribution is -0.379. The van der Waals surface area contributed by atoms with Crippen molar-refractivity contribution in [2.24, 2.45) is 0 Å². The number of aliphatic hydroxyl groups is 11. The van der Waals surface area contributed by atoms with Crippen molar-refractivity contribution < 1.29 is 89.4 Å². The van der Waals surface area contributed by atoms with Gasteiger partial charge in [0.1, 0.15) is 73.2 Å². The van der Waals surface area contributed by atoms with Crippen LogP contribution in [0.25, 0.3) is 0 Å². The van der Waals surface area contributed by atoms with E-state index < -0.39 is 124 Å². The topological polar surface area (TPSA) is 307 Å². The van der Waals surface area contributed by atoms with Gasteiger partial charge >= 0.3 is 0 Å². The minimum atomic E-state index is -1.97. The van der Waals surface area contributed by atoms with Crippen LogP contribution in [0, 0.1) is 0 Å². The van der Waals surface area contributed by atoms with Gasteiger partial charge in [-0.1, -0.05) is 177 Å². The van der Waals surface area contributed by atoms with Crippen molar-refractivity contribution in [3.63, 3.8) is 0 Å². The Morgan fingerprint density at radius 2 is 0.863 bits per heavy atom. The molecule has 3 aliphatic heterocycles.